The first-order valence-corrected chi connectivity index (χ1v) is 6.53. The van der Waals surface area contributed by atoms with Gasteiger partial charge in [-0.3, -0.25) is 4.79 Å². The van der Waals surface area contributed by atoms with Gasteiger partial charge in [-0.25, -0.2) is 0 Å². The topological polar surface area (TPSA) is 49.6 Å². The first-order valence-electron chi connectivity index (χ1n) is 6.53. The summed E-state index contributed by atoms with van der Waals surface area (Å²) in [6, 6.07) is 6.06. The number of amides is 1. The summed E-state index contributed by atoms with van der Waals surface area (Å²) in [5.74, 6) is 0.0459. The van der Waals surface area contributed by atoms with Crippen molar-refractivity contribution in [3.8, 4) is 0 Å². The Kier molecular flexibility index (Phi) is 2.89. The Bertz CT molecular complexity index is 612. The number of carbonyl (C=O) groups excluding carboxylic acids is 1. The maximum Gasteiger partial charge on any atom is 0.297 e. The Morgan fingerprint density at radius 2 is 2.05 bits per heavy atom. The van der Waals surface area contributed by atoms with E-state index in [1.807, 2.05) is 37.2 Å². The van der Waals surface area contributed by atoms with Crippen molar-refractivity contribution in [3.05, 3.63) is 23.8 Å². The third-order valence-electron chi connectivity index (χ3n) is 3.41. The number of para-hydroxylation sites is 1. The second-order valence-corrected chi connectivity index (χ2v) is 5.04. The molecule has 0 saturated carbocycles. The fourth-order valence-electron chi connectivity index (χ4n) is 2.39. The maximum absolute atomic E-state index is 12.5. The molecule has 1 saturated heterocycles. The molecule has 0 aliphatic carbocycles. The number of hydrogen-bond donors (Lipinski definition) is 0. The predicted octanol–water partition coefficient (Wildman–Crippen LogP) is 2.13. The van der Waals surface area contributed by atoms with Crippen LogP contribution in [0.3, 0.4) is 0 Å². The Balaban J connectivity index is 2.05. The molecule has 0 N–H and O–H groups in total. The molecule has 0 atom stereocenters. The Morgan fingerprint density at radius 3 is 2.74 bits per heavy atom. The van der Waals surface area contributed by atoms with Crippen LogP contribution in [0.4, 0.5) is 6.01 Å². The SMILES string of the molecule is CN(C)c1nc2cccc(C(=O)N3CCCC3)c2o1. The number of nitrogens with zero attached hydrogens (tertiary/aromatic N) is 3. The highest BCUT2D eigenvalue weighted by molar-refractivity contribution is 6.04. The number of anilines is 1. The Hall–Kier alpha value is -2.04. The van der Waals surface area contributed by atoms with Crippen LogP contribution in [0.2, 0.25) is 0 Å². The molecular weight excluding hydrogens is 242 g/mol. The molecule has 3 rings (SSSR count). The van der Waals surface area contributed by atoms with E-state index in [-0.39, 0.29) is 5.91 Å². The quantitative estimate of drug-likeness (QED) is 0.829. The molecule has 0 radical (unpaired) electrons. The lowest BCUT2D eigenvalue weighted by Gasteiger charge is -2.14. The van der Waals surface area contributed by atoms with Crippen LogP contribution in [0.1, 0.15) is 23.2 Å². The number of rotatable bonds is 2. The number of aromatic nitrogens is 1. The van der Waals surface area contributed by atoms with E-state index in [1.165, 1.54) is 0 Å². The molecule has 5 heteroatoms. The normalized spacial score (nSPS) is 15.2. The largest absolute Gasteiger partial charge is 0.423 e. The molecule has 0 unspecified atom stereocenters. The first kappa shape index (κ1) is 12.0. The average Bonchev–Trinajstić information content (AvgIpc) is 3.06. The van der Waals surface area contributed by atoms with Crippen LogP contribution in [0.15, 0.2) is 22.6 Å². The minimum atomic E-state index is 0.0459. The van der Waals surface area contributed by atoms with Gasteiger partial charge in [0.15, 0.2) is 5.58 Å². The number of fused-ring (bicyclic) bond motifs is 1. The lowest BCUT2D eigenvalue weighted by molar-refractivity contribution is 0.0793. The number of likely N-dealkylation sites (tertiary alicyclic amines) is 1. The van der Waals surface area contributed by atoms with Crippen LogP contribution in [-0.4, -0.2) is 43.0 Å². The van der Waals surface area contributed by atoms with Crippen molar-refractivity contribution in [1.82, 2.24) is 9.88 Å². The molecule has 100 valence electrons. The van der Waals surface area contributed by atoms with E-state index in [4.69, 9.17) is 4.42 Å². The summed E-state index contributed by atoms with van der Waals surface area (Å²) in [4.78, 5) is 20.5. The van der Waals surface area contributed by atoms with E-state index in [0.29, 0.717) is 17.2 Å². The van der Waals surface area contributed by atoms with Crippen LogP contribution in [-0.2, 0) is 0 Å². The predicted molar refractivity (Wildman–Crippen MR) is 73.5 cm³/mol. The highest BCUT2D eigenvalue weighted by atomic mass is 16.4. The zero-order valence-electron chi connectivity index (χ0n) is 11.2. The zero-order chi connectivity index (χ0) is 13.4. The molecule has 19 heavy (non-hydrogen) atoms. The molecule has 1 fully saturated rings. The van der Waals surface area contributed by atoms with Gasteiger partial charge in [-0.2, -0.15) is 4.98 Å². The number of carbonyl (C=O) groups is 1. The van der Waals surface area contributed by atoms with Crippen molar-refractivity contribution in [2.24, 2.45) is 0 Å². The average molecular weight is 259 g/mol. The van der Waals surface area contributed by atoms with Crippen molar-refractivity contribution in [1.29, 1.82) is 0 Å². The second-order valence-electron chi connectivity index (χ2n) is 5.04. The maximum atomic E-state index is 12.5. The van der Waals surface area contributed by atoms with E-state index in [1.54, 1.807) is 4.90 Å². The van der Waals surface area contributed by atoms with E-state index in [0.717, 1.165) is 31.4 Å². The van der Waals surface area contributed by atoms with Gasteiger partial charge in [0.05, 0.1) is 5.56 Å². The van der Waals surface area contributed by atoms with Gasteiger partial charge in [0.25, 0.3) is 11.9 Å². The third-order valence-corrected chi connectivity index (χ3v) is 3.41. The van der Waals surface area contributed by atoms with Crippen LogP contribution < -0.4 is 4.90 Å². The van der Waals surface area contributed by atoms with Crippen molar-refractivity contribution < 1.29 is 9.21 Å². The van der Waals surface area contributed by atoms with E-state index in [2.05, 4.69) is 4.98 Å². The molecule has 1 aliphatic rings. The fourth-order valence-corrected chi connectivity index (χ4v) is 2.39. The Morgan fingerprint density at radius 1 is 1.32 bits per heavy atom. The molecule has 0 spiro atoms. The van der Waals surface area contributed by atoms with E-state index >= 15 is 0 Å². The van der Waals surface area contributed by atoms with Crippen LogP contribution in [0, 0.1) is 0 Å². The van der Waals surface area contributed by atoms with Crippen LogP contribution in [0.5, 0.6) is 0 Å². The highest BCUT2D eigenvalue weighted by Crippen LogP contribution is 2.25. The molecule has 5 nitrogen and oxygen atoms in total. The number of oxazole rings is 1. The number of hydrogen-bond acceptors (Lipinski definition) is 4. The Labute approximate surface area is 111 Å². The summed E-state index contributed by atoms with van der Waals surface area (Å²) >= 11 is 0. The van der Waals surface area contributed by atoms with Gasteiger partial charge in [-0.05, 0) is 25.0 Å². The van der Waals surface area contributed by atoms with E-state index < -0.39 is 0 Å². The van der Waals surface area contributed by atoms with Gasteiger partial charge < -0.3 is 14.2 Å². The summed E-state index contributed by atoms with van der Waals surface area (Å²) < 4.78 is 5.71. The molecule has 2 aromatic rings. The summed E-state index contributed by atoms with van der Waals surface area (Å²) in [6.45, 7) is 1.67. The molecule has 1 aromatic carbocycles. The van der Waals surface area contributed by atoms with E-state index in [9.17, 15) is 4.79 Å². The van der Waals surface area contributed by atoms with Crippen molar-refractivity contribution in [2.45, 2.75) is 12.8 Å². The molecular formula is C14H17N3O2. The first-order chi connectivity index (χ1) is 9.16. The summed E-state index contributed by atoms with van der Waals surface area (Å²) in [5, 5.41) is 0. The van der Waals surface area contributed by atoms with Gasteiger partial charge in [-0.1, -0.05) is 6.07 Å². The minimum absolute atomic E-state index is 0.0459. The van der Waals surface area contributed by atoms with Gasteiger partial charge in [0.1, 0.15) is 5.52 Å². The monoisotopic (exact) mass is 259 g/mol. The molecule has 1 aromatic heterocycles. The van der Waals surface area contributed by atoms with Crippen LogP contribution >= 0.6 is 0 Å². The summed E-state index contributed by atoms with van der Waals surface area (Å²) in [7, 11) is 3.74. The fraction of sp³-hybridized carbons (Fsp3) is 0.429. The summed E-state index contributed by atoms with van der Waals surface area (Å²) in [5.41, 5.74) is 1.93. The molecule has 0 bridgehead atoms. The van der Waals surface area contributed by atoms with Gasteiger partial charge in [0.2, 0.25) is 0 Å². The van der Waals surface area contributed by atoms with Gasteiger partial charge in [0, 0.05) is 27.2 Å². The lowest BCUT2D eigenvalue weighted by atomic mass is 10.1. The zero-order valence-corrected chi connectivity index (χ0v) is 11.2. The highest BCUT2D eigenvalue weighted by Gasteiger charge is 2.23. The number of benzene rings is 1. The summed E-state index contributed by atoms with van der Waals surface area (Å²) in [6.07, 6.45) is 2.17. The molecule has 2 heterocycles. The van der Waals surface area contributed by atoms with Crippen molar-refractivity contribution >= 4 is 23.0 Å². The van der Waals surface area contributed by atoms with Gasteiger partial charge in [-0.15, -0.1) is 0 Å². The molecule has 1 amide bonds. The smallest absolute Gasteiger partial charge is 0.297 e. The standard InChI is InChI=1S/C14H17N3O2/c1-16(2)14-15-11-7-5-6-10(12(11)19-14)13(18)17-8-3-4-9-17/h5-7H,3-4,8-9H2,1-2H3. The molecule has 1 aliphatic heterocycles. The third kappa shape index (κ3) is 2.05. The lowest BCUT2D eigenvalue weighted by Crippen LogP contribution is -2.27. The van der Waals surface area contributed by atoms with Crippen molar-refractivity contribution in [2.75, 3.05) is 32.1 Å². The van der Waals surface area contributed by atoms with Gasteiger partial charge >= 0.3 is 0 Å². The second kappa shape index (κ2) is 4.57. The van der Waals surface area contributed by atoms with Crippen LogP contribution in [0.25, 0.3) is 11.1 Å². The minimum Gasteiger partial charge on any atom is -0.423 e. The van der Waals surface area contributed by atoms with Crippen molar-refractivity contribution in [3.63, 3.8) is 0 Å².